The summed E-state index contributed by atoms with van der Waals surface area (Å²) in [5, 5.41) is 2.33. The molecule has 2 aromatic rings. The van der Waals surface area contributed by atoms with E-state index in [9.17, 15) is 17.6 Å². The fourth-order valence-electron chi connectivity index (χ4n) is 1.59. The molecular formula is C13H12ClFN2O3S2. The minimum atomic E-state index is -3.86. The largest absolute Gasteiger partial charge is 0.322 e. The van der Waals surface area contributed by atoms with Gasteiger partial charge < -0.3 is 5.32 Å². The summed E-state index contributed by atoms with van der Waals surface area (Å²) in [4.78, 5) is 12.0. The van der Waals surface area contributed by atoms with Crippen LogP contribution in [0.15, 0.2) is 40.6 Å². The second kappa shape index (κ2) is 6.74. The number of para-hydroxylation sites is 1. The van der Waals surface area contributed by atoms with Gasteiger partial charge in [0.2, 0.25) is 5.91 Å². The molecule has 0 spiro atoms. The van der Waals surface area contributed by atoms with Gasteiger partial charge in [0.25, 0.3) is 10.0 Å². The fourth-order valence-corrected chi connectivity index (χ4v) is 4.29. The Morgan fingerprint density at radius 3 is 2.55 bits per heavy atom. The number of hydrogen-bond donors (Lipinski definition) is 2. The molecule has 1 aromatic carbocycles. The molecule has 1 heterocycles. The van der Waals surface area contributed by atoms with Crippen molar-refractivity contribution < 1.29 is 17.6 Å². The molecule has 0 radical (unpaired) electrons. The number of carbonyl (C=O) groups is 1. The van der Waals surface area contributed by atoms with Crippen LogP contribution in [0.2, 0.25) is 4.34 Å². The molecule has 1 amide bonds. The molecule has 0 bridgehead atoms. The number of sulfonamides is 1. The molecule has 9 heteroatoms. The molecule has 0 aliphatic carbocycles. The summed E-state index contributed by atoms with van der Waals surface area (Å²) in [7, 11) is -3.86. The molecule has 1 aromatic heterocycles. The maximum atomic E-state index is 13.5. The lowest BCUT2D eigenvalue weighted by atomic mass is 10.2. The van der Waals surface area contributed by atoms with Gasteiger partial charge in [0.1, 0.15) is 10.0 Å². The Morgan fingerprint density at radius 2 is 1.95 bits per heavy atom. The number of thiophene rings is 1. The van der Waals surface area contributed by atoms with Crippen molar-refractivity contribution in [2.45, 2.75) is 17.2 Å². The number of hydrogen-bond acceptors (Lipinski definition) is 4. The Bertz CT molecular complexity index is 792. The first-order valence-corrected chi connectivity index (χ1v) is 8.80. The van der Waals surface area contributed by atoms with E-state index in [1.54, 1.807) is 6.07 Å². The van der Waals surface area contributed by atoms with E-state index in [0.29, 0.717) is 4.34 Å². The zero-order valence-corrected chi connectivity index (χ0v) is 13.7. The number of carbonyl (C=O) groups excluding carboxylic acids is 1. The molecule has 0 fully saturated rings. The first kappa shape index (κ1) is 16.9. The Morgan fingerprint density at radius 1 is 1.27 bits per heavy atom. The van der Waals surface area contributed by atoms with E-state index in [-0.39, 0.29) is 9.90 Å². The number of anilines is 1. The first-order chi connectivity index (χ1) is 10.3. The van der Waals surface area contributed by atoms with Crippen LogP contribution in [0.3, 0.4) is 0 Å². The van der Waals surface area contributed by atoms with Crippen molar-refractivity contribution >= 4 is 44.6 Å². The molecule has 22 heavy (non-hydrogen) atoms. The van der Waals surface area contributed by atoms with Crippen molar-refractivity contribution in [1.82, 2.24) is 4.72 Å². The third-order valence-electron chi connectivity index (χ3n) is 2.67. The molecular weight excluding hydrogens is 351 g/mol. The lowest BCUT2D eigenvalue weighted by Gasteiger charge is -2.14. The van der Waals surface area contributed by atoms with E-state index in [0.717, 1.165) is 11.3 Å². The van der Waals surface area contributed by atoms with Crippen LogP contribution >= 0.6 is 22.9 Å². The Labute approximate surface area is 136 Å². The predicted octanol–water partition coefficient (Wildman–Crippen LogP) is 2.85. The fraction of sp³-hybridized carbons (Fsp3) is 0.154. The smallest absolute Gasteiger partial charge is 0.250 e. The summed E-state index contributed by atoms with van der Waals surface area (Å²) < 4.78 is 40.1. The molecule has 0 aliphatic rings. The van der Waals surface area contributed by atoms with E-state index in [1.807, 2.05) is 0 Å². The lowest BCUT2D eigenvalue weighted by molar-refractivity contribution is -0.117. The Hall–Kier alpha value is -1.48. The average Bonchev–Trinajstić information content (AvgIpc) is 2.88. The summed E-state index contributed by atoms with van der Waals surface area (Å²) in [6.45, 7) is 1.36. The van der Waals surface area contributed by atoms with Crippen molar-refractivity contribution in [1.29, 1.82) is 0 Å². The quantitative estimate of drug-likeness (QED) is 0.858. The molecule has 1 atom stereocenters. The highest BCUT2D eigenvalue weighted by atomic mass is 35.5. The third kappa shape index (κ3) is 4.04. The van der Waals surface area contributed by atoms with Gasteiger partial charge in [-0.1, -0.05) is 23.7 Å². The average molecular weight is 363 g/mol. The normalized spacial score (nSPS) is 12.9. The molecule has 2 rings (SSSR count). The molecule has 5 nitrogen and oxygen atoms in total. The van der Waals surface area contributed by atoms with Crippen LogP contribution in [-0.2, 0) is 14.8 Å². The summed E-state index contributed by atoms with van der Waals surface area (Å²) >= 11 is 6.57. The van der Waals surface area contributed by atoms with Gasteiger partial charge in [0.05, 0.1) is 16.1 Å². The van der Waals surface area contributed by atoms with E-state index in [2.05, 4.69) is 10.0 Å². The SMILES string of the molecule is CC(NS(=O)(=O)c1ccc(Cl)s1)C(=O)Nc1ccccc1F. The van der Waals surface area contributed by atoms with E-state index in [4.69, 9.17) is 11.6 Å². The second-order valence-corrected chi connectivity index (χ2v) is 8.03. The molecule has 0 saturated heterocycles. The summed E-state index contributed by atoms with van der Waals surface area (Å²) in [5.41, 5.74) is -0.0160. The topological polar surface area (TPSA) is 75.3 Å². The van der Waals surface area contributed by atoms with Gasteiger partial charge in [-0.3, -0.25) is 4.79 Å². The summed E-state index contributed by atoms with van der Waals surface area (Å²) in [5.74, 6) is -1.27. The Balaban J connectivity index is 2.07. The highest BCUT2D eigenvalue weighted by Crippen LogP contribution is 2.25. The number of amides is 1. The second-order valence-electron chi connectivity index (χ2n) is 4.37. The Kier molecular flexibility index (Phi) is 5.17. The molecule has 118 valence electrons. The highest BCUT2D eigenvalue weighted by molar-refractivity contribution is 7.91. The van der Waals surface area contributed by atoms with Crippen LogP contribution in [0.1, 0.15) is 6.92 Å². The zero-order chi connectivity index (χ0) is 16.3. The van der Waals surface area contributed by atoms with Gasteiger partial charge >= 0.3 is 0 Å². The lowest BCUT2D eigenvalue weighted by Crippen LogP contribution is -2.41. The van der Waals surface area contributed by atoms with Gasteiger partial charge in [0.15, 0.2) is 0 Å². The highest BCUT2D eigenvalue weighted by Gasteiger charge is 2.23. The van der Waals surface area contributed by atoms with Crippen molar-refractivity contribution in [2.24, 2.45) is 0 Å². The van der Waals surface area contributed by atoms with Crippen molar-refractivity contribution in [3.8, 4) is 0 Å². The van der Waals surface area contributed by atoms with Crippen LogP contribution in [0.4, 0.5) is 10.1 Å². The van der Waals surface area contributed by atoms with Crippen LogP contribution in [0.25, 0.3) is 0 Å². The molecule has 0 saturated carbocycles. The monoisotopic (exact) mass is 362 g/mol. The van der Waals surface area contributed by atoms with Crippen LogP contribution in [-0.4, -0.2) is 20.4 Å². The van der Waals surface area contributed by atoms with Crippen LogP contribution in [0.5, 0.6) is 0 Å². The maximum Gasteiger partial charge on any atom is 0.250 e. The van der Waals surface area contributed by atoms with Crippen LogP contribution in [0, 0.1) is 5.82 Å². The van der Waals surface area contributed by atoms with Crippen molar-refractivity contribution in [3.63, 3.8) is 0 Å². The van der Waals surface area contributed by atoms with Crippen molar-refractivity contribution in [2.75, 3.05) is 5.32 Å². The number of halogens is 2. The first-order valence-electron chi connectivity index (χ1n) is 6.12. The van der Waals surface area contributed by atoms with Gasteiger partial charge in [-0.2, -0.15) is 4.72 Å². The van der Waals surface area contributed by atoms with Crippen molar-refractivity contribution in [3.05, 3.63) is 46.6 Å². The minimum Gasteiger partial charge on any atom is -0.322 e. The standard InChI is InChI=1S/C13H12ClFN2O3S2/c1-8(13(18)16-10-5-3-2-4-9(10)15)17-22(19,20)12-7-6-11(14)21-12/h2-8,17H,1H3,(H,16,18). The molecule has 2 N–H and O–H groups in total. The van der Waals surface area contributed by atoms with Gasteiger partial charge in [-0.15, -0.1) is 11.3 Å². The number of rotatable bonds is 5. The number of nitrogens with one attached hydrogen (secondary N) is 2. The van der Waals surface area contributed by atoms with E-state index in [1.165, 1.54) is 37.3 Å². The summed E-state index contributed by atoms with van der Waals surface area (Å²) in [6.07, 6.45) is 0. The summed E-state index contributed by atoms with van der Waals surface area (Å²) in [6, 6.07) is 7.33. The maximum absolute atomic E-state index is 13.5. The van der Waals surface area contributed by atoms with Crippen LogP contribution < -0.4 is 10.0 Å². The zero-order valence-electron chi connectivity index (χ0n) is 11.3. The van der Waals surface area contributed by atoms with Gasteiger partial charge in [-0.05, 0) is 31.2 Å². The number of benzene rings is 1. The van der Waals surface area contributed by atoms with E-state index < -0.39 is 27.8 Å². The predicted molar refractivity (Wildman–Crippen MR) is 84.1 cm³/mol. The minimum absolute atomic E-state index is 0.00282. The van der Waals surface area contributed by atoms with E-state index >= 15 is 0 Å². The van der Waals surface area contributed by atoms with Gasteiger partial charge in [-0.25, -0.2) is 12.8 Å². The molecule has 1 unspecified atom stereocenters. The third-order valence-corrected chi connectivity index (χ3v) is 5.93. The molecule has 0 aliphatic heterocycles. The van der Waals surface area contributed by atoms with Gasteiger partial charge in [0, 0.05) is 0 Å².